The molecule has 0 bridgehead atoms. The van der Waals surface area contributed by atoms with E-state index in [-0.39, 0.29) is 5.56 Å². The fourth-order valence-corrected chi connectivity index (χ4v) is 3.14. The molecule has 6 nitrogen and oxygen atoms in total. The standard InChI is InChI=1S/C23H26N2O4/c1-3-5-18-20(28-12-4-2)11-8-16-13-19(23(27)29-21(16)18)22(26)25-17-9-6-15(14-24)7-10-17/h6-11,13H,3-5,12,14,24H2,1-2H3,(H,25,26). The number of hydrogen-bond acceptors (Lipinski definition) is 5. The van der Waals surface area contributed by atoms with E-state index in [1.807, 2.05) is 31.2 Å². The first-order chi connectivity index (χ1) is 14.1. The van der Waals surface area contributed by atoms with Crippen molar-refractivity contribution in [2.24, 2.45) is 5.73 Å². The molecule has 1 aromatic heterocycles. The Kier molecular flexibility index (Phi) is 6.67. The van der Waals surface area contributed by atoms with E-state index in [0.29, 0.717) is 29.8 Å². The van der Waals surface area contributed by atoms with E-state index in [0.717, 1.165) is 36.1 Å². The fraction of sp³-hybridized carbons (Fsp3) is 0.304. The number of nitrogens with two attached hydrogens (primary N) is 1. The summed E-state index contributed by atoms with van der Waals surface area (Å²) in [4.78, 5) is 25.2. The fourth-order valence-electron chi connectivity index (χ4n) is 3.14. The van der Waals surface area contributed by atoms with Crippen LogP contribution in [0, 0.1) is 0 Å². The number of amides is 1. The zero-order valence-corrected chi connectivity index (χ0v) is 16.8. The van der Waals surface area contributed by atoms with Gasteiger partial charge in [0.2, 0.25) is 0 Å². The quantitative estimate of drug-likeness (QED) is 0.557. The van der Waals surface area contributed by atoms with Gasteiger partial charge in [-0.05, 0) is 48.7 Å². The number of hydrogen-bond donors (Lipinski definition) is 2. The van der Waals surface area contributed by atoms with Crippen molar-refractivity contribution in [2.45, 2.75) is 39.7 Å². The summed E-state index contributed by atoms with van der Waals surface area (Å²) in [5, 5.41) is 3.42. The predicted octanol–water partition coefficient (Wildman–Crippen LogP) is 4.25. The van der Waals surface area contributed by atoms with Crippen LogP contribution in [-0.4, -0.2) is 12.5 Å². The van der Waals surface area contributed by atoms with Gasteiger partial charge >= 0.3 is 5.63 Å². The smallest absolute Gasteiger partial charge is 0.349 e. The maximum atomic E-state index is 12.6. The Bertz CT molecular complexity index is 1050. The van der Waals surface area contributed by atoms with Crippen LogP contribution >= 0.6 is 0 Å². The second-order valence-electron chi connectivity index (χ2n) is 6.86. The summed E-state index contributed by atoms with van der Waals surface area (Å²) in [5.74, 6) is 0.214. The highest BCUT2D eigenvalue weighted by Crippen LogP contribution is 2.29. The van der Waals surface area contributed by atoms with Crippen molar-refractivity contribution in [1.82, 2.24) is 0 Å². The highest BCUT2D eigenvalue weighted by molar-refractivity contribution is 6.05. The van der Waals surface area contributed by atoms with E-state index in [1.54, 1.807) is 18.2 Å². The van der Waals surface area contributed by atoms with Crippen LogP contribution in [0.3, 0.4) is 0 Å². The number of anilines is 1. The number of rotatable bonds is 8. The molecule has 0 aliphatic rings. The van der Waals surface area contributed by atoms with E-state index in [1.165, 1.54) is 0 Å². The summed E-state index contributed by atoms with van der Waals surface area (Å²) in [6.07, 6.45) is 2.49. The second kappa shape index (κ2) is 9.39. The van der Waals surface area contributed by atoms with Gasteiger partial charge in [-0.2, -0.15) is 0 Å². The third-order valence-corrected chi connectivity index (χ3v) is 4.62. The molecule has 3 N–H and O–H groups in total. The van der Waals surface area contributed by atoms with Gasteiger partial charge in [-0.3, -0.25) is 4.79 Å². The van der Waals surface area contributed by atoms with Crippen molar-refractivity contribution in [3.8, 4) is 5.75 Å². The van der Waals surface area contributed by atoms with Gasteiger partial charge in [-0.25, -0.2) is 4.79 Å². The minimum atomic E-state index is -0.668. The van der Waals surface area contributed by atoms with Gasteiger partial charge < -0.3 is 20.2 Å². The largest absolute Gasteiger partial charge is 0.493 e. The molecular formula is C23H26N2O4. The molecule has 0 unspecified atom stereocenters. The second-order valence-corrected chi connectivity index (χ2v) is 6.86. The number of carbonyl (C=O) groups is 1. The predicted molar refractivity (Wildman–Crippen MR) is 115 cm³/mol. The van der Waals surface area contributed by atoms with E-state index >= 15 is 0 Å². The third kappa shape index (κ3) is 4.66. The molecule has 3 rings (SSSR count). The Labute approximate surface area is 169 Å². The summed E-state index contributed by atoms with van der Waals surface area (Å²) in [5.41, 5.74) is 7.76. The van der Waals surface area contributed by atoms with Crippen molar-refractivity contribution in [2.75, 3.05) is 11.9 Å². The van der Waals surface area contributed by atoms with E-state index in [9.17, 15) is 9.59 Å². The zero-order valence-electron chi connectivity index (χ0n) is 16.8. The molecule has 0 saturated carbocycles. The minimum absolute atomic E-state index is 0.0370. The van der Waals surface area contributed by atoms with E-state index < -0.39 is 11.5 Å². The average Bonchev–Trinajstić information content (AvgIpc) is 2.73. The van der Waals surface area contributed by atoms with Crippen LogP contribution in [0.4, 0.5) is 5.69 Å². The van der Waals surface area contributed by atoms with E-state index in [2.05, 4.69) is 12.2 Å². The SMILES string of the molecule is CCCOc1ccc2cc(C(=O)Nc3ccc(CN)cc3)c(=O)oc2c1CCC. The van der Waals surface area contributed by atoms with Gasteiger partial charge in [0.05, 0.1) is 6.61 Å². The van der Waals surface area contributed by atoms with Crippen molar-refractivity contribution >= 4 is 22.6 Å². The number of carbonyl (C=O) groups excluding carboxylic acids is 1. The molecular weight excluding hydrogens is 368 g/mol. The lowest BCUT2D eigenvalue weighted by atomic mass is 10.0. The number of nitrogens with one attached hydrogen (secondary N) is 1. The molecule has 1 heterocycles. The van der Waals surface area contributed by atoms with Gasteiger partial charge in [0, 0.05) is 23.2 Å². The average molecular weight is 394 g/mol. The highest BCUT2D eigenvalue weighted by Gasteiger charge is 2.17. The maximum absolute atomic E-state index is 12.6. The Balaban J connectivity index is 1.95. The lowest BCUT2D eigenvalue weighted by molar-refractivity contribution is 0.102. The number of fused-ring (bicyclic) bond motifs is 1. The lowest BCUT2D eigenvalue weighted by Crippen LogP contribution is -2.21. The zero-order chi connectivity index (χ0) is 20.8. The topological polar surface area (TPSA) is 94.6 Å². The highest BCUT2D eigenvalue weighted by atomic mass is 16.5. The van der Waals surface area contributed by atoms with Gasteiger partial charge in [0.15, 0.2) is 0 Å². The molecule has 29 heavy (non-hydrogen) atoms. The van der Waals surface area contributed by atoms with Crippen molar-refractivity contribution in [3.63, 3.8) is 0 Å². The lowest BCUT2D eigenvalue weighted by Gasteiger charge is -2.13. The first kappa shape index (κ1) is 20.6. The maximum Gasteiger partial charge on any atom is 0.349 e. The first-order valence-electron chi connectivity index (χ1n) is 9.90. The minimum Gasteiger partial charge on any atom is -0.493 e. The van der Waals surface area contributed by atoms with Crippen molar-refractivity contribution in [3.05, 3.63) is 69.6 Å². The van der Waals surface area contributed by atoms with Gasteiger partial charge in [-0.15, -0.1) is 0 Å². The van der Waals surface area contributed by atoms with Crippen LogP contribution in [-0.2, 0) is 13.0 Å². The monoisotopic (exact) mass is 394 g/mol. The summed E-state index contributed by atoms with van der Waals surface area (Å²) in [7, 11) is 0. The van der Waals surface area contributed by atoms with Gasteiger partial charge in [-0.1, -0.05) is 32.4 Å². The summed E-state index contributed by atoms with van der Waals surface area (Å²) in [6, 6.07) is 12.4. The molecule has 0 aliphatic heterocycles. The van der Waals surface area contributed by atoms with E-state index in [4.69, 9.17) is 14.9 Å². The molecule has 6 heteroatoms. The molecule has 0 fully saturated rings. The normalized spacial score (nSPS) is 10.9. The Morgan fingerprint density at radius 1 is 1.10 bits per heavy atom. The van der Waals surface area contributed by atoms with Gasteiger partial charge in [0.25, 0.3) is 5.91 Å². The van der Waals surface area contributed by atoms with Crippen LogP contribution in [0.5, 0.6) is 5.75 Å². The van der Waals surface area contributed by atoms with Crippen molar-refractivity contribution in [1.29, 1.82) is 0 Å². The van der Waals surface area contributed by atoms with Crippen molar-refractivity contribution < 1.29 is 13.9 Å². The third-order valence-electron chi connectivity index (χ3n) is 4.62. The molecule has 2 aromatic carbocycles. The first-order valence-corrected chi connectivity index (χ1v) is 9.90. The molecule has 0 radical (unpaired) electrons. The Morgan fingerprint density at radius 3 is 2.52 bits per heavy atom. The number of ether oxygens (including phenoxy) is 1. The van der Waals surface area contributed by atoms with Crippen LogP contribution in [0.1, 0.15) is 48.2 Å². The molecule has 0 saturated heterocycles. The molecule has 3 aromatic rings. The molecule has 0 spiro atoms. The Morgan fingerprint density at radius 2 is 1.86 bits per heavy atom. The Hall–Kier alpha value is -3.12. The number of benzene rings is 2. The van der Waals surface area contributed by atoms with Crippen LogP contribution < -0.4 is 21.4 Å². The number of aryl methyl sites for hydroxylation is 1. The summed E-state index contributed by atoms with van der Waals surface area (Å²) < 4.78 is 11.4. The summed E-state index contributed by atoms with van der Waals surface area (Å²) in [6.45, 7) is 5.11. The molecule has 1 amide bonds. The van der Waals surface area contributed by atoms with Crippen LogP contribution in [0.2, 0.25) is 0 Å². The van der Waals surface area contributed by atoms with Gasteiger partial charge in [0.1, 0.15) is 16.9 Å². The van der Waals surface area contributed by atoms with Crippen LogP contribution in [0.25, 0.3) is 11.0 Å². The summed E-state index contributed by atoms with van der Waals surface area (Å²) >= 11 is 0. The van der Waals surface area contributed by atoms with Crippen LogP contribution in [0.15, 0.2) is 51.7 Å². The molecule has 152 valence electrons. The molecule has 0 aliphatic carbocycles. The molecule has 0 atom stereocenters.